The van der Waals surface area contributed by atoms with E-state index in [1.54, 1.807) is 11.9 Å². The second kappa shape index (κ2) is 15.6. The predicted molar refractivity (Wildman–Crippen MR) is 196 cm³/mol. The van der Waals surface area contributed by atoms with E-state index in [1.165, 1.54) is 4.90 Å². The second-order valence-electron chi connectivity index (χ2n) is 13.5. The number of unbranched alkanes of at least 4 members (excludes halogenated alkanes) is 1. The number of aliphatic hydroxyl groups excluding tert-OH is 1. The molecule has 12 nitrogen and oxygen atoms in total. The molecule has 6 aromatic rings. The average Bonchev–Trinajstić information content (AvgIpc) is 3.92. The highest BCUT2D eigenvalue weighted by molar-refractivity contribution is 6.08. The largest absolute Gasteiger partial charge is 0.391 e. The molecule has 1 saturated heterocycles. The fourth-order valence-corrected chi connectivity index (χ4v) is 7.14. The molecule has 1 fully saturated rings. The van der Waals surface area contributed by atoms with Crippen LogP contribution in [0.2, 0.25) is 0 Å². The van der Waals surface area contributed by atoms with Gasteiger partial charge in [-0.05, 0) is 47.2 Å². The number of carbonyl (C=O) groups is 3. The van der Waals surface area contributed by atoms with Crippen molar-refractivity contribution in [2.45, 2.75) is 63.4 Å². The monoisotopic (exact) mass is 697 g/mol. The number of likely N-dealkylation sites (tertiary alicyclic amines) is 1. The van der Waals surface area contributed by atoms with Crippen LogP contribution in [0, 0.1) is 0 Å². The number of likely N-dealkylation sites (N-methyl/N-ethyl adjacent to an activating group) is 1. The summed E-state index contributed by atoms with van der Waals surface area (Å²) >= 11 is 0. The topological polar surface area (TPSA) is 148 Å². The normalized spacial score (nSPS) is 16.3. The number of tetrazole rings is 1. The molecular weight excluding hydrogens is 656 g/mol. The molecule has 2 aromatic heterocycles. The van der Waals surface area contributed by atoms with E-state index in [0.717, 1.165) is 45.6 Å². The van der Waals surface area contributed by atoms with Crippen molar-refractivity contribution in [1.82, 2.24) is 40.3 Å². The summed E-state index contributed by atoms with van der Waals surface area (Å²) in [4.78, 5) is 45.6. The van der Waals surface area contributed by atoms with Crippen LogP contribution >= 0.6 is 0 Å². The SMILES string of the molecule is CN(Cc1ccccc1)C(=O)[C@H](Cc1ccc2ccccc2c1)NC(=O)[C@H]1C[C@@H](O)CN1C(=O)c1cn(CCCCc2nnn[n-]2)c2ccccc12. The maximum atomic E-state index is 14.3. The van der Waals surface area contributed by atoms with Crippen LogP contribution in [-0.2, 0) is 35.5 Å². The number of nitrogens with zero attached hydrogens (tertiary/aromatic N) is 7. The first kappa shape index (κ1) is 34.6. The van der Waals surface area contributed by atoms with Gasteiger partial charge in [0.1, 0.15) is 12.1 Å². The third-order valence-electron chi connectivity index (χ3n) is 9.78. The highest BCUT2D eigenvalue weighted by atomic mass is 16.3. The Bertz CT molecular complexity index is 2170. The van der Waals surface area contributed by atoms with Gasteiger partial charge in [0.25, 0.3) is 5.91 Å². The molecule has 12 heteroatoms. The Morgan fingerprint density at radius 1 is 0.942 bits per heavy atom. The molecule has 7 rings (SSSR count). The Labute approximate surface area is 301 Å². The Morgan fingerprint density at radius 3 is 2.52 bits per heavy atom. The second-order valence-corrected chi connectivity index (χ2v) is 13.5. The summed E-state index contributed by atoms with van der Waals surface area (Å²) in [5.41, 5.74) is 3.23. The number of aryl methyl sites for hydroxylation is 2. The van der Waals surface area contributed by atoms with Gasteiger partial charge in [-0.2, -0.15) is 5.21 Å². The summed E-state index contributed by atoms with van der Waals surface area (Å²) in [5.74, 6) is -0.455. The van der Waals surface area contributed by atoms with E-state index in [9.17, 15) is 19.5 Å². The van der Waals surface area contributed by atoms with Crippen LogP contribution in [0.3, 0.4) is 0 Å². The molecule has 0 unspecified atom stereocenters. The van der Waals surface area contributed by atoms with Gasteiger partial charge < -0.3 is 29.9 Å². The number of benzene rings is 4. The number of amides is 3. The van der Waals surface area contributed by atoms with E-state index in [0.29, 0.717) is 30.9 Å². The molecule has 1 aliphatic rings. The van der Waals surface area contributed by atoms with Crippen molar-refractivity contribution in [1.29, 1.82) is 0 Å². The molecular formula is C40H41N8O4-. The molecule has 0 spiro atoms. The molecule has 3 amide bonds. The molecule has 0 saturated carbocycles. The summed E-state index contributed by atoms with van der Waals surface area (Å²) < 4.78 is 2.05. The Morgan fingerprint density at radius 2 is 1.71 bits per heavy atom. The molecule has 3 atom stereocenters. The average molecular weight is 698 g/mol. The van der Waals surface area contributed by atoms with E-state index in [-0.39, 0.29) is 31.2 Å². The maximum absolute atomic E-state index is 14.3. The van der Waals surface area contributed by atoms with Crippen LogP contribution in [0.15, 0.2) is 103 Å². The Balaban J connectivity index is 1.11. The third kappa shape index (κ3) is 7.71. The molecule has 0 radical (unpaired) electrons. The highest BCUT2D eigenvalue weighted by Gasteiger charge is 2.41. The molecule has 1 aliphatic heterocycles. The highest BCUT2D eigenvalue weighted by Crippen LogP contribution is 2.28. The Hall–Kier alpha value is -5.88. The molecule has 2 N–H and O–H groups in total. The zero-order valence-electron chi connectivity index (χ0n) is 29.0. The standard InChI is InChI=1S/C40H42N8O4/c1-46(24-27-11-3-2-4-12-27)40(52)34(22-28-18-19-29-13-5-6-14-30(29)21-28)41-38(50)36-23-31(49)25-48(36)39(51)33-26-47(35-16-8-7-15-32(33)35)20-10-9-17-37-42-44-45-43-37/h2-8,11-16,18-19,21,26,31,34,36,49H,9-10,17,20,22-25H2,1H3,(H2,41,42,43,44,45,50)/p-1/t31-,34+,36-/m1/s1. The number of hydrogen-bond donors (Lipinski definition) is 2. The lowest BCUT2D eigenvalue weighted by atomic mass is 10.00. The Kier molecular flexibility index (Phi) is 10.3. The summed E-state index contributed by atoms with van der Waals surface area (Å²) in [6.45, 7) is 1.04. The van der Waals surface area contributed by atoms with E-state index in [1.807, 2.05) is 108 Å². The molecule has 52 heavy (non-hydrogen) atoms. The fraction of sp³-hybridized carbons (Fsp3) is 0.300. The number of para-hydroxylation sites is 1. The van der Waals surface area contributed by atoms with Crippen LogP contribution in [0.4, 0.5) is 0 Å². The van der Waals surface area contributed by atoms with Crippen molar-refractivity contribution in [3.63, 3.8) is 0 Å². The summed E-state index contributed by atoms with van der Waals surface area (Å²) in [5, 5.41) is 31.6. The van der Waals surface area contributed by atoms with Crippen LogP contribution in [0.1, 0.15) is 46.6 Å². The lowest BCUT2D eigenvalue weighted by Gasteiger charge is -2.28. The minimum Gasteiger partial charge on any atom is -0.391 e. The molecule has 0 aliphatic carbocycles. The van der Waals surface area contributed by atoms with Crippen molar-refractivity contribution < 1.29 is 19.5 Å². The van der Waals surface area contributed by atoms with Gasteiger partial charge in [-0.3, -0.25) is 24.7 Å². The number of rotatable bonds is 13. The zero-order valence-corrected chi connectivity index (χ0v) is 29.0. The third-order valence-corrected chi connectivity index (χ3v) is 9.78. The summed E-state index contributed by atoms with van der Waals surface area (Å²) in [7, 11) is 1.73. The van der Waals surface area contributed by atoms with Crippen molar-refractivity contribution in [3.8, 4) is 0 Å². The van der Waals surface area contributed by atoms with Gasteiger partial charge in [0, 0.05) is 62.4 Å². The zero-order chi connectivity index (χ0) is 36.0. The number of aromatic nitrogens is 5. The number of aliphatic hydroxyl groups is 1. The minimum absolute atomic E-state index is 0.00927. The van der Waals surface area contributed by atoms with Gasteiger partial charge >= 0.3 is 0 Å². The van der Waals surface area contributed by atoms with E-state index in [4.69, 9.17) is 0 Å². The van der Waals surface area contributed by atoms with Gasteiger partial charge in [0.05, 0.1) is 11.7 Å². The lowest BCUT2D eigenvalue weighted by Crippen LogP contribution is -2.54. The van der Waals surface area contributed by atoms with E-state index < -0.39 is 24.1 Å². The first-order valence-corrected chi connectivity index (χ1v) is 17.7. The van der Waals surface area contributed by atoms with Crippen LogP contribution in [0.25, 0.3) is 21.7 Å². The van der Waals surface area contributed by atoms with Gasteiger partial charge in [-0.1, -0.05) is 91.0 Å². The summed E-state index contributed by atoms with van der Waals surface area (Å²) in [6, 6.07) is 29.5. The number of hydrogen-bond acceptors (Lipinski definition) is 7. The smallest absolute Gasteiger partial charge is 0.256 e. The van der Waals surface area contributed by atoms with Crippen LogP contribution < -0.4 is 10.4 Å². The minimum atomic E-state index is -0.956. The van der Waals surface area contributed by atoms with Crippen molar-refractivity contribution >= 4 is 39.4 Å². The van der Waals surface area contributed by atoms with Gasteiger partial charge in [-0.15, -0.1) is 0 Å². The number of nitrogens with one attached hydrogen (secondary N) is 1. The van der Waals surface area contributed by atoms with Crippen LogP contribution in [-0.4, -0.2) is 84.5 Å². The van der Waals surface area contributed by atoms with Crippen molar-refractivity contribution in [2.75, 3.05) is 13.6 Å². The van der Waals surface area contributed by atoms with Crippen molar-refractivity contribution in [2.24, 2.45) is 0 Å². The number of fused-ring (bicyclic) bond motifs is 2. The molecule has 0 bridgehead atoms. The number of carbonyl (C=O) groups excluding carboxylic acids is 3. The summed E-state index contributed by atoms with van der Waals surface area (Å²) in [6.07, 6.45) is 3.58. The van der Waals surface area contributed by atoms with Gasteiger partial charge in [0.2, 0.25) is 11.8 Å². The van der Waals surface area contributed by atoms with Gasteiger partial charge in [-0.25, -0.2) is 0 Å². The van der Waals surface area contributed by atoms with Gasteiger partial charge in [0.15, 0.2) is 0 Å². The van der Waals surface area contributed by atoms with Crippen LogP contribution in [0.5, 0.6) is 0 Å². The van der Waals surface area contributed by atoms with E-state index >= 15 is 0 Å². The first-order valence-electron chi connectivity index (χ1n) is 17.7. The maximum Gasteiger partial charge on any atom is 0.256 e. The lowest BCUT2D eigenvalue weighted by molar-refractivity contribution is -0.136. The molecule has 3 heterocycles. The quantitative estimate of drug-likeness (QED) is 0.173. The van der Waals surface area contributed by atoms with E-state index in [2.05, 4.69) is 25.9 Å². The predicted octanol–water partition coefficient (Wildman–Crippen LogP) is 3.92. The number of β-amino-alcohol motifs (C(OH)–C–C–N with tert-alkyl or cyclic N) is 1. The van der Waals surface area contributed by atoms with Crippen molar-refractivity contribution in [3.05, 3.63) is 126 Å². The first-order chi connectivity index (χ1) is 25.3. The molecule has 4 aromatic carbocycles. The molecule has 266 valence electrons. The fourth-order valence-electron chi connectivity index (χ4n) is 7.14.